The van der Waals surface area contributed by atoms with Gasteiger partial charge in [-0.3, -0.25) is 4.98 Å². The topological polar surface area (TPSA) is 48.8 Å². The molecule has 369 valence electrons. The molecular formula is C67H60GeIrN4O-2. The van der Waals surface area contributed by atoms with Crippen molar-refractivity contribution >= 4 is 61.7 Å². The van der Waals surface area contributed by atoms with Gasteiger partial charge >= 0.3 is 201 Å². The van der Waals surface area contributed by atoms with E-state index in [-0.39, 0.29) is 31.9 Å². The van der Waals surface area contributed by atoms with Crippen LogP contribution in [0.1, 0.15) is 61.8 Å². The number of hydrogen-bond donors (Lipinski definition) is 0. The number of aromatic nitrogens is 4. The number of imidazole rings is 2. The summed E-state index contributed by atoms with van der Waals surface area (Å²) in [6, 6.07) is 73.4. The first kappa shape index (κ1) is 50.4. The summed E-state index contributed by atoms with van der Waals surface area (Å²) in [5.74, 6) is 9.70. The monoisotopic (exact) mass is 1200 g/mol. The van der Waals surface area contributed by atoms with Crippen molar-refractivity contribution in [3.63, 3.8) is 0 Å². The first-order valence-corrected chi connectivity index (χ1v) is 32.9. The van der Waals surface area contributed by atoms with Crippen molar-refractivity contribution in [3.05, 3.63) is 222 Å². The van der Waals surface area contributed by atoms with Gasteiger partial charge in [0.05, 0.1) is 16.9 Å². The Morgan fingerprint density at radius 3 is 1.66 bits per heavy atom. The fraction of sp³-hybridized carbons (Fsp3) is 0.164. The molecule has 0 saturated heterocycles. The molecule has 0 saturated carbocycles. The number of rotatable bonds is 9. The Kier molecular flexibility index (Phi) is 14.1. The Morgan fingerprint density at radius 2 is 1.05 bits per heavy atom. The standard InChI is InChI=1S/C46H43GeN2O.C21H17N2.Ir/c1-29(2)39-26-34(32-20-23-35(24-21-32)47(5,6)7)27-40(30(3)4)44(39)49-42-19-12-11-18-41(42)48-46(49)38-17-13-16-37-36-25-22-33(28-43(36)50-45(37)38)31-14-9-8-10-15-31;1-15-9-8-10-16(2)20(15)23-19-14-7-6-13-18(19)22-21(23)17-11-4-3-5-12-17;/h8-16,18-30H,1-7H3;3-11,13-14H,1-2H3;/q2*-1;. The average molecular weight is 1200 g/mol. The normalized spacial score (nSPS) is 11.7. The van der Waals surface area contributed by atoms with Crippen LogP contribution in [-0.4, -0.2) is 32.4 Å². The Bertz CT molecular complexity index is 3920. The molecule has 0 atom stereocenters. The SMILES string of the molecule is CC(C)c1cc(-c2cc[c]([Ge]([CH3])([CH3])[CH3])cc2)cc(C(C)C)c1-n1c(-c2[c-]ccc3c2oc2cc(-c4ccccc4)ccc23)nc2ccccc21.Cc1cccc(C)c1-n1c(-c2[c-]cccc2)nc2ccccc21.[Ir]. The summed E-state index contributed by atoms with van der Waals surface area (Å²) in [5, 5.41) is 2.16. The second kappa shape index (κ2) is 20.7. The molecule has 12 aromatic rings. The van der Waals surface area contributed by atoms with Crippen LogP contribution < -0.4 is 4.40 Å². The van der Waals surface area contributed by atoms with Crippen molar-refractivity contribution in [2.24, 2.45) is 0 Å². The molecule has 5 nitrogen and oxygen atoms in total. The summed E-state index contributed by atoms with van der Waals surface area (Å²) < 4.78 is 12.9. The number of nitrogens with zero attached hydrogens (tertiary/aromatic N) is 4. The van der Waals surface area contributed by atoms with Gasteiger partial charge in [-0.2, -0.15) is 0 Å². The maximum absolute atomic E-state index is 6.77. The van der Waals surface area contributed by atoms with Crippen LogP contribution in [0.4, 0.5) is 0 Å². The molecule has 7 heteroatoms. The van der Waals surface area contributed by atoms with Crippen LogP contribution in [0.2, 0.25) is 17.3 Å². The Labute approximate surface area is 451 Å². The largest absolute Gasteiger partial charge is 0.333 e. The molecule has 3 aromatic heterocycles. The zero-order valence-corrected chi connectivity index (χ0v) is 48.1. The van der Waals surface area contributed by atoms with E-state index in [0.717, 1.165) is 72.3 Å². The Hall–Kier alpha value is -7.09. The molecule has 0 spiro atoms. The summed E-state index contributed by atoms with van der Waals surface area (Å²) in [7, 11) is 0. The van der Waals surface area contributed by atoms with Crippen LogP contribution in [0, 0.1) is 26.0 Å². The van der Waals surface area contributed by atoms with Crippen molar-refractivity contribution in [3.8, 4) is 56.4 Å². The fourth-order valence-corrected chi connectivity index (χ4v) is 12.9. The molecular weight excluding hydrogens is 1140 g/mol. The molecule has 0 aliphatic carbocycles. The van der Waals surface area contributed by atoms with Gasteiger partial charge in [0.1, 0.15) is 5.58 Å². The first-order valence-electron chi connectivity index (χ1n) is 25.5. The molecule has 0 N–H and O–H groups in total. The van der Waals surface area contributed by atoms with E-state index >= 15 is 0 Å². The molecule has 0 bridgehead atoms. The Morgan fingerprint density at radius 1 is 0.486 bits per heavy atom. The molecule has 0 aliphatic heterocycles. The quantitative estimate of drug-likeness (QED) is 0.107. The summed E-state index contributed by atoms with van der Waals surface area (Å²) >= 11 is -1.92. The summed E-state index contributed by atoms with van der Waals surface area (Å²) in [5.41, 5.74) is 20.0. The molecule has 0 aliphatic rings. The minimum absolute atomic E-state index is 0. The van der Waals surface area contributed by atoms with Gasteiger partial charge in [-0.25, -0.2) is 0 Å². The first-order chi connectivity index (χ1) is 35.3. The zero-order valence-electron chi connectivity index (χ0n) is 43.6. The molecule has 0 unspecified atom stereocenters. The van der Waals surface area contributed by atoms with E-state index in [1.807, 2.05) is 36.4 Å². The number of hydrogen-bond acceptors (Lipinski definition) is 3. The van der Waals surface area contributed by atoms with Gasteiger partial charge in [-0.05, 0) is 54.3 Å². The smallest absolute Gasteiger partial charge is 0.0774 e. The molecule has 74 heavy (non-hydrogen) atoms. The van der Waals surface area contributed by atoms with E-state index in [2.05, 4.69) is 232 Å². The zero-order chi connectivity index (χ0) is 50.5. The van der Waals surface area contributed by atoms with E-state index in [4.69, 9.17) is 14.4 Å². The minimum Gasteiger partial charge on any atom is -0.333 e. The van der Waals surface area contributed by atoms with Gasteiger partial charge in [0.15, 0.2) is 0 Å². The van der Waals surface area contributed by atoms with E-state index < -0.39 is 13.3 Å². The van der Waals surface area contributed by atoms with Crippen LogP contribution in [-0.2, 0) is 20.1 Å². The van der Waals surface area contributed by atoms with Crippen LogP contribution in [0.25, 0.3) is 100 Å². The van der Waals surface area contributed by atoms with Gasteiger partial charge in [0.2, 0.25) is 0 Å². The van der Waals surface area contributed by atoms with Crippen molar-refractivity contribution in [1.82, 2.24) is 19.1 Å². The molecule has 9 aromatic carbocycles. The molecule has 1 radical (unpaired) electrons. The molecule has 3 heterocycles. The van der Waals surface area contributed by atoms with Crippen LogP contribution in [0.3, 0.4) is 0 Å². The second-order valence-electron chi connectivity index (χ2n) is 21.0. The van der Waals surface area contributed by atoms with Crippen molar-refractivity contribution in [1.29, 1.82) is 0 Å². The van der Waals surface area contributed by atoms with Crippen molar-refractivity contribution in [2.45, 2.75) is 70.6 Å². The van der Waals surface area contributed by atoms with Gasteiger partial charge < -0.3 is 8.98 Å². The van der Waals surface area contributed by atoms with Crippen molar-refractivity contribution in [2.75, 3.05) is 0 Å². The number of benzene rings is 9. The predicted molar refractivity (Wildman–Crippen MR) is 309 cm³/mol. The third-order valence-electron chi connectivity index (χ3n) is 14.2. The van der Waals surface area contributed by atoms with Crippen LogP contribution in [0.15, 0.2) is 192 Å². The minimum atomic E-state index is -1.92. The van der Waals surface area contributed by atoms with Gasteiger partial charge in [-0.15, -0.1) is 48.0 Å². The molecule has 0 fully saturated rings. The third kappa shape index (κ3) is 9.40. The third-order valence-corrected chi connectivity index (χ3v) is 18.6. The fourth-order valence-electron chi connectivity index (χ4n) is 10.4. The van der Waals surface area contributed by atoms with E-state index in [1.165, 1.54) is 54.7 Å². The molecule has 12 rings (SSSR count). The second-order valence-corrected chi connectivity index (χ2v) is 31.6. The number of aryl methyl sites for hydroxylation is 2. The summed E-state index contributed by atoms with van der Waals surface area (Å²) in [4.78, 5) is 10.2. The van der Waals surface area contributed by atoms with Crippen molar-refractivity contribution < 1.29 is 24.5 Å². The van der Waals surface area contributed by atoms with Gasteiger partial charge in [-0.1, -0.05) is 84.2 Å². The summed E-state index contributed by atoms with van der Waals surface area (Å²) in [6.45, 7) is 13.5. The van der Waals surface area contributed by atoms with Crippen LogP contribution >= 0.6 is 0 Å². The number of para-hydroxylation sites is 5. The van der Waals surface area contributed by atoms with E-state index in [9.17, 15) is 0 Å². The Balaban J connectivity index is 0.000000218. The summed E-state index contributed by atoms with van der Waals surface area (Å²) in [6.07, 6.45) is 0. The average Bonchev–Trinajstić information content (AvgIpc) is 4.10. The maximum atomic E-state index is 6.77. The van der Waals surface area contributed by atoms with Crippen LogP contribution in [0.5, 0.6) is 0 Å². The maximum Gasteiger partial charge on any atom is 0.0774 e. The molecule has 0 amide bonds. The number of furan rings is 1. The number of fused-ring (bicyclic) bond motifs is 5. The van der Waals surface area contributed by atoms with Gasteiger partial charge in [0.25, 0.3) is 0 Å². The van der Waals surface area contributed by atoms with E-state index in [0.29, 0.717) is 0 Å². The van der Waals surface area contributed by atoms with Gasteiger partial charge in [0, 0.05) is 31.2 Å². The van der Waals surface area contributed by atoms with E-state index in [1.54, 1.807) is 0 Å². The predicted octanol–water partition coefficient (Wildman–Crippen LogP) is 17.6.